The van der Waals surface area contributed by atoms with Crippen LogP contribution in [0, 0.1) is 11.7 Å². The standard InChI is InChI=1S/C15H16BrFN2O2S/c16-13-5-12(6-14(17)8-13)9-19-3-2-18-15(19)7-11-1-4-22(20,21)10-11/h2-3,5-6,8,11H,1,4,7,9-10H2. The molecule has 3 rings (SSSR count). The van der Waals surface area contributed by atoms with Crippen LogP contribution < -0.4 is 0 Å². The maximum absolute atomic E-state index is 13.4. The summed E-state index contributed by atoms with van der Waals surface area (Å²) in [5.41, 5.74) is 0.838. The quantitative estimate of drug-likeness (QED) is 0.811. The van der Waals surface area contributed by atoms with Gasteiger partial charge in [-0.1, -0.05) is 15.9 Å². The Hall–Kier alpha value is -1.21. The summed E-state index contributed by atoms with van der Waals surface area (Å²) in [5, 5.41) is 0. The Labute approximate surface area is 137 Å². The number of hydrogen-bond donors (Lipinski definition) is 0. The van der Waals surface area contributed by atoms with Crippen molar-refractivity contribution in [1.82, 2.24) is 9.55 Å². The Morgan fingerprint density at radius 2 is 2.18 bits per heavy atom. The lowest BCUT2D eigenvalue weighted by Gasteiger charge is -2.11. The first kappa shape index (κ1) is 15.7. The molecule has 1 fully saturated rings. The molecular formula is C15H16BrFN2O2S. The van der Waals surface area contributed by atoms with Gasteiger partial charge in [0.05, 0.1) is 11.5 Å². The van der Waals surface area contributed by atoms with Gasteiger partial charge in [0.1, 0.15) is 11.6 Å². The van der Waals surface area contributed by atoms with Crippen LogP contribution in [0.1, 0.15) is 17.8 Å². The molecule has 1 aromatic heterocycles. The number of hydrogen-bond acceptors (Lipinski definition) is 3. The minimum absolute atomic E-state index is 0.130. The molecule has 4 nitrogen and oxygen atoms in total. The molecule has 1 aliphatic heterocycles. The zero-order chi connectivity index (χ0) is 15.7. The molecule has 1 aromatic carbocycles. The van der Waals surface area contributed by atoms with Gasteiger partial charge in [0.25, 0.3) is 0 Å². The molecule has 118 valence electrons. The fourth-order valence-corrected chi connectivity index (χ4v) is 5.24. The average Bonchev–Trinajstić information content (AvgIpc) is 2.96. The van der Waals surface area contributed by atoms with E-state index in [-0.39, 0.29) is 23.2 Å². The van der Waals surface area contributed by atoms with Crippen molar-refractivity contribution in [3.8, 4) is 0 Å². The van der Waals surface area contributed by atoms with Crippen LogP contribution in [0.15, 0.2) is 35.1 Å². The van der Waals surface area contributed by atoms with Gasteiger partial charge in [0.15, 0.2) is 9.84 Å². The van der Waals surface area contributed by atoms with E-state index >= 15 is 0 Å². The first-order chi connectivity index (χ1) is 10.4. The summed E-state index contributed by atoms with van der Waals surface area (Å²) in [5.74, 6) is 1.21. The highest BCUT2D eigenvalue weighted by atomic mass is 79.9. The lowest BCUT2D eigenvalue weighted by Crippen LogP contribution is -2.12. The highest BCUT2D eigenvalue weighted by molar-refractivity contribution is 9.10. The lowest BCUT2D eigenvalue weighted by atomic mass is 10.0. The minimum atomic E-state index is -2.87. The summed E-state index contributed by atoms with van der Waals surface area (Å²) in [6, 6.07) is 4.78. The van der Waals surface area contributed by atoms with Crippen LogP contribution in [-0.4, -0.2) is 29.5 Å². The number of benzene rings is 1. The van der Waals surface area contributed by atoms with Gasteiger partial charge in [0, 0.05) is 29.8 Å². The van der Waals surface area contributed by atoms with Crippen molar-refractivity contribution >= 4 is 25.8 Å². The molecule has 0 amide bonds. The zero-order valence-electron chi connectivity index (χ0n) is 11.9. The lowest BCUT2D eigenvalue weighted by molar-refractivity contribution is 0.550. The number of imidazole rings is 1. The van der Waals surface area contributed by atoms with Gasteiger partial charge >= 0.3 is 0 Å². The van der Waals surface area contributed by atoms with Crippen molar-refractivity contribution in [2.45, 2.75) is 19.4 Å². The summed E-state index contributed by atoms with van der Waals surface area (Å²) >= 11 is 3.29. The maximum atomic E-state index is 13.4. The van der Waals surface area contributed by atoms with Gasteiger partial charge in [-0.05, 0) is 36.1 Å². The Morgan fingerprint density at radius 3 is 2.86 bits per heavy atom. The molecule has 0 bridgehead atoms. The van der Waals surface area contributed by atoms with Crippen LogP contribution in [0.3, 0.4) is 0 Å². The third-order valence-electron chi connectivity index (χ3n) is 3.87. The normalized spacial score (nSPS) is 20.4. The first-order valence-corrected chi connectivity index (χ1v) is 9.68. The molecule has 2 aromatic rings. The number of aromatic nitrogens is 2. The highest BCUT2D eigenvalue weighted by Gasteiger charge is 2.28. The molecular weight excluding hydrogens is 371 g/mol. The number of sulfone groups is 1. The van der Waals surface area contributed by atoms with Crippen molar-refractivity contribution < 1.29 is 12.8 Å². The minimum Gasteiger partial charge on any atom is -0.331 e. The molecule has 7 heteroatoms. The third-order valence-corrected chi connectivity index (χ3v) is 6.17. The van der Waals surface area contributed by atoms with E-state index < -0.39 is 9.84 Å². The molecule has 1 saturated heterocycles. The summed E-state index contributed by atoms with van der Waals surface area (Å²) in [6.45, 7) is 0.519. The molecule has 0 saturated carbocycles. The van der Waals surface area contributed by atoms with Gasteiger partial charge in [-0.3, -0.25) is 0 Å². The average molecular weight is 387 g/mol. The van der Waals surface area contributed by atoms with Crippen LogP contribution in [0.2, 0.25) is 0 Å². The fraction of sp³-hybridized carbons (Fsp3) is 0.400. The van der Waals surface area contributed by atoms with Gasteiger partial charge in [0.2, 0.25) is 0 Å². The third kappa shape index (κ3) is 3.76. The molecule has 1 atom stereocenters. The second-order valence-corrected chi connectivity index (χ2v) is 8.87. The van der Waals surface area contributed by atoms with E-state index in [0.29, 0.717) is 23.9 Å². The van der Waals surface area contributed by atoms with Crippen molar-refractivity contribution in [2.75, 3.05) is 11.5 Å². The van der Waals surface area contributed by atoms with Gasteiger partial charge < -0.3 is 4.57 Å². The zero-order valence-corrected chi connectivity index (χ0v) is 14.3. The predicted molar refractivity (Wildman–Crippen MR) is 85.9 cm³/mol. The predicted octanol–water partition coefficient (Wildman–Crippen LogP) is 2.81. The van der Waals surface area contributed by atoms with Gasteiger partial charge in [-0.25, -0.2) is 17.8 Å². The van der Waals surface area contributed by atoms with E-state index in [9.17, 15) is 12.8 Å². The van der Waals surface area contributed by atoms with Crippen molar-refractivity contribution in [1.29, 1.82) is 0 Å². The van der Waals surface area contributed by atoms with Crippen LogP contribution >= 0.6 is 15.9 Å². The molecule has 0 aliphatic carbocycles. The Kier molecular flexibility index (Phi) is 4.36. The number of nitrogens with zero attached hydrogens (tertiary/aromatic N) is 2. The van der Waals surface area contributed by atoms with Crippen LogP contribution in [0.4, 0.5) is 4.39 Å². The van der Waals surface area contributed by atoms with Crippen LogP contribution in [0.5, 0.6) is 0 Å². The second-order valence-electron chi connectivity index (χ2n) is 5.72. The van der Waals surface area contributed by atoms with Gasteiger partial charge in [-0.2, -0.15) is 0 Å². The fourth-order valence-electron chi connectivity index (χ4n) is 2.86. The van der Waals surface area contributed by atoms with Gasteiger partial charge in [-0.15, -0.1) is 0 Å². The van der Waals surface area contributed by atoms with E-state index in [1.54, 1.807) is 6.20 Å². The van der Waals surface area contributed by atoms with E-state index in [4.69, 9.17) is 0 Å². The number of rotatable bonds is 4. The molecule has 1 aliphatic rings. The summed E-state index contributed by atoms with van der Waals surface area (Å²) in [7, 11) is -2.87. The van der Waals surface area contributed by atoms with E-state index in [0.717, 1.165) is 11.4 Å². The maximum Gasteiger partial charge on any atom is 0.150 e. The van der Waals surface area contributed by atoms with E-state index in [1.165, 1.54) is 12.1 Å². The summed E-state index contributed by atoms with van der Waals surface area (Å²) < 4.78 is 39.2. The second kappa shape index (κ2) is 6.12. The number of halogens is 2. The molecule has 0 spiro atoms. The molecule has 2 heterocycles. The topological polar surface area (TPSA) is 52.0 Å². The Balaban J connectivity index is 1.75. The molecule has 22 heavy (non-hydrogen) atoms. The highest BCUT2D eigenvalue weighted by Crippen LogP contribution is 2.23. The molecule has 1 unspecified atom stereocenters. The van der Waals surface area contributed by atoms with Crippen LogP contribution in [-0.2, 0) is 22.8 Å². The Morgan fingerprint density at radius 1 is 1.36 bits per heavy atom. The van der Waals surface area contributed by atoms with Crippen molar-refractivity contribution in [3.63, 3.8) is 0 Å². The van der Waals surface area contributed by atoms with Crippen LogP contribution in [0.25, 0.3) is 0 Å². The van der Waals surface area contributed by atoms with Crippen molar-refractivity contribution in [2.24, 2.45) is 5.92 Å². The van der Waals surface area contributed by atoms with Crippen molar-refractivity contribution in [3.05, 3.63) is 52.3 Å². The van der Waals surface area contributed by atoms with E-state index in [1.807, 2.05) is 16.8 Å². The SMILES string of the molecule is O=S1(=O)CCC(Cc2nccn2Cc2cc(F)cc(Br)c2)C1. The molecule has 0 N–H and O–H groups in total. The summed E-state index contributed by atoms with van der Waals surface area (Å²) in [4.78, 5) is 4.33. The smallest absolute Gasteiger partial charge is 0.150 e. The largest absolute Gasteiger partial charge is 0.331 e. The monoisotopic (exact) mass is 386 g/mol. The van der Waals surface area contributed by atoms with E-state index in [2.05, 4.69) is 20.9 Å². The Bertz CT molecular complexity index is 768. The first-order valence-electron chi connectivity index (χ1n) is 7.07. The summed E-state index contributed by atoms with van der Waals surface area (Å²) in [6.07, 6.45) is 4.88. The molecule has 0 radical (unpaired) electrons.